The number of rotatable bonds is 9. The number of ether oxygens (including phenoxy) is 1. The molecule has 140 valence electrons. The zero-order valence-corrected chi connectivity index (χ0v) is 15.5. The van der Waals surface area contributed by atoms with Crippen LogP contribution in [0.1, 0.15) is 38.7 Å². The molecule has 0 aliphatic carbocycles. The quantitative estimate of drug-likeness (QED) is 0.498. The van der Waals surface area contributed by atoms with E-state index in [-0.39, 0.29) is 30.4 Å². The summed E-state index contributed by atoms with van der Waals surface area (Å²) in [7, 11) is 0. The highest BCUT2D eigenvalue weighted by molar-refractivity contribution is 5.99. The van der Waals surface area contributed by atoms with E-state index in [1.165, 1.54) is 11.0 Å². The summed E-state index contributed by atoms with van der Waals surface area (Å²) in [6.45, 7) is 4.29. The number of amides is 2. The minimum atomic E-state index is -0.591. The standard InChI is InChI=1S/C21H27NO4/c1-3-7-18(12-13-23)16(2)10-11-20(24)22-19(15-26-21(22)25)14-17-8-5-4-6-9-17/h4-6,8-11,13,16,18-19H,3,7,12,14-15H2,1-2H3/b11-10+/t16-,18+,19-/m0/s1. The fourth-order valence-corrected chi connectivity index (χ4v) is 3.33. The summed E-state index contributed by atoms with van der Waals surface area (Å²) in [4.78, 5) is 36.6. The van der Waals surface area contributed by atoms with E-state index in [9.17, 15) is 14.4 Å². The average molecular weight is 357 g/mol. The molecule has 0 N–H and O–H groups in total. The molecular formula is C21H27NO4. The Hall–Kier alpha value is -2.43. The first-order valence-corrected chi connectivity index (χ1v) is 9.22. The summed E-state index contributed by atoms with van der Waals surface area (Å²) in [6, 6.07) is 9.44. The van der Waals surface area contributed by atoms with Crippen molar-refractivity contribution in [2.24, 2.45) is 11.8 Å². The van der Waals surface area contributed by atoms with Crippen LogP contribution in [0.3, 0.4) is 0 Å². The maximum absolute atomic E-state index is 12.6. The van der Waals surface area contributed by atoms with Gasteiger partial charge in [0.25, 0.3) is 5.91 Å². The summed E-state index contributed by atoms with van der Waals surface area (Å²) in [5.41, 5.74) is 1.06. The topological polar surface area (TPSA) is 63.7 Å². The number of imide groups is 1. The second-order valence-electron chi connectivity index (χ2n) is 6.80. The van der Waals surface area contributed by atoms with Gasteiger partial charge in [-0.05, 0) is 36.3 Å². The van der Waals surface area contributed by atoms with Gasteiger partial charge in [0, 0.05) is 6.42 Å². The van der Waals surface area contributed by atoms with Crippen LogP contribution in [0, 0.1) is 11.8 Å². The number of carbonyl (C=O) groups is 3. The largest absolute Gasteiger partial charge is 0.447 e. The molecule has 0 bridgehead atoms. The summed E-state index contributed by atoms with van der Waals surface area (Å²) in [5, 5.41) is 0. The van der Waals surface area contributed by atoms with Crippen molar-refractivity contribution in [2.75, 3.05) is 6.61 Å². The Morgan fingerprint density at radius 2 is 2.08 bits per heavy atom. The van der Waals surface area contributed by atoms with Crippen LogP contribution >= 0.6 is 0 Å². The molecule has 1 aliphatic rings. The van der Waals surface area contributed by atoms with Crippen molar-refractivity contribution < 1.29 is 19.1 Å². The molecule has 3 atom stereocenters. The highest BCUT2D eigenvalue weighted by Crippen LogP contribution is 2.23. The molecule has 1 aliphatic heterocycles. The second kappa shape index (κ2) is 9.90. The Bertz CT molecular complexity index is 641. The fourth-order valence-electron chi connectivity index (χ4n) is 3.33. The van der Waals surface area contributed by atoms with E-state index in [1.54, 1.807) is 6.08 Å². The predicted molar refractivity (Wildman–Crippen MR) is 99.5 cm³/mol. The van der Waals surface area contributed by atoms with E-state index < -0.39 is 6.09 Å². The lowest BCUT2D eigenvalue weighted by molar-refractivity contribution is -0.124. The lowest BCUT2D eigenvalue weighted by Gasteiger charge is -2.20. The van der Waals surface area contributed by atoms with Gasteiger partial charge in [0.2, 0.25) is 0 Å². The maximum atomic E-state index is 12.6. The molecule has 2 rings (SSSR count). The van der Waals surface area contributed by atoms with Crippen molar-refractivity contribution in [3.8, 4) is 0 Å². The van der Waals surface area contributed by atoms with Crippen LogP contribution < -0.4 is 0 Å². The van der Waals surface area contributed by atoms with Gasteiger partial charge >= 0.3 is 6.09 Å². The summed E-state index contributed by atoms with van der Waals surface area (Å²) in [6.07, 6.45) is 6.57. The Morgan fingerprint density at radius 1 is 1.35 bits per heavy atom. The van der Waals surface area contributed by atoms with Crippen LogP contribution in [0.2, 0.25) is 0 Å². The first kappa shape index (κ1) is 19.9. The molecule has 1 heterocycles. The smallest absolute Gasteiger partial charge is 0.417 e. The zero-order chi connectivity index (χ0) is 18.9. The third-order valence-corrected chi connectivity index (χ3v) is 4.86. The summed E-state index contributed by atoms with van der Waals surface area (Å²) < 4.78 is 5.09. The van der Waals surface area contributed by atoms with Gasteiger partial charge in [-0.25, -0.2) is 9.69 Å². The average Bonchev–Trinajstić information content (AvgIpc) is 3.00. The molecular weight excluding hydrogens is 330 g/mol. The molecule has 1 aromatic carbocycles. The van der Waals surface area contributed by atoms with Crippen LogP contribution in [0.4, 0.5) is 4.79 Å². The monoisotopic (exact) mass is 357 g/mol. The highest BCUT2D eigenvalue weighted by atomic mass is 16.6. The van der Waals surface area contributed by atoms with Crippen molar-refractivity contribution >= 4 is 18.3 Å². The minimum absolute atomic E-state index is 0.0929. The molecule has 0 spiro atoms. The van der Waals surface area contributed by atoms with E-state index in [1.807, 2.05) is 37.3 Å². The molecule has 26 heavy (non-hydrogen) atoms. The SMILES string of the molecule is CCC[C@H](CC=O)[C@@H](C)/C=C/C(=O)N1C(=O)OC[C@@H]1Cc1ccccc1. The van der Waals surface area contributed by atoms with Crippen molar-refractivity contribution in [1.82, 2.24) is 4.90 Å². The van der Waals surface area contributed by atoms with Gasteiger partial charge in [-0.3, -0.25) is 4.79 Å². The zero-order valence-electron chi connectivity index (χ0n) is 15.5. The Kier molecular flexibility index (Phi) is 7.57. The van der Waals surface area contributed by atoms with E-state index in [0.29, 0.717) is 12.8 Å². The third kappa shape index (κ3) is 5.28. The van der Waals surface area contributed by atoms with Crippen molar-refractivity contribution in [1.29, 1.82) is 0 Å². The van der Waals surface area contributed by atoms with E-state index in [2.05, 4.69) is 6.92 Å². The number of allylic oxidation sites excluding steroid dienone is 1. The number of hydrogen-bond acceptors (Lipinski definition) is 4. The first-order valence-electron chi connectivity index (χ1n) is 9.22. The molecule has 1 aromatic rings. The van der Waals surface area contributed by atoms with Gasteiger partial charge in [-0.15, -0.1) is 0 Å². The molecule has 1 saturated heterocycles. The van der Waals surface area contributed by atoms with Gasteiger partial charge in [-0.1, -0.05) is 56.7 Å². The number of carbonyl (C=O) groups excluding carboxylic acids is 3. The number of aldehydes is 1. The second-order valence-corrected chi connectivity index (χ2v) is 6.80. The Balaban J connectivity index is 2.03. The van der Waals surface area contributed by atoms with Crippen LogP contribution in [0.5, 0.6) is 0 Å². The maximum Gasteiger partial charge on any atom is 0.417 e. The molecule has 2 amide bonds. The van der Waals surface area contributed by atoms with Gasteiger partial charge in [-0.2, -0.15) is 0 Å². The number of hydrogen-bond donors (Lipinski definition) is 0. The van der Waals surface area contributed by atoms with Crippen molar-refractivity contribution in [2.45, 2.75) is 45.6 Å². The fraction of sp³-hybridized carbons (Fsp3) is 0.476. The molecule has 5 nitrogen and oxygen atoms in total. The Labute approximate surface area is 155 Å². The van der Waals surface area contributed by atoms with Gasteiger partial charge in [0.15, 0.2) is 0 Å². The number of benzene rings is 1. The predicted octanol–water partition coefficient (Wildman–Crippen LogP) is 3.77. The van der Waals surface area contributed by atoms with E-state index in [0.717, 1.165) is 24.7 Å². The van der Waals surface area contributed by atoms with Gasteiger partial charge < -0.3 is 9.53 Å². The van der Waals surface area contributed by atoms with Gasteiger partial charge in [0.05, 0.1) is 6.04 Å². The van der Waals surface area contributed by atoms with Crippen LogP contribution in [0.25, 0.3) is 0 Å². The molecule has 5 heteroatoms. The lowest BCUT2D eigenvalue weighted by Crippen LogP contribution is -2.39. The molecule has 0 unspecified atom stereocenters. The Morgan fingerprint density at radius 3 is 2.73 bits per heavy atom. The minimum Gasteiger partial charge on any atom is -0.447 e. The number of cyclic esters (lactones) is 1. The normalized spacial score (nSPS) is 19.4. The van der Waals surface area contributed by atoms with Crippen molar-refractivity contribution in [3.05, 3.63) is 48.0 Å². The molecule has 0 saturated carbocycles. The summed E-state index contributed by atoms with van der Waals surface area (Å²) in [5.74, 6) is -0.0517. The molecule has 0 aromatic heterocycles. The van der Waals surface area contributed by atoms with Crippen LogP contribution in [-0.4, -0.2) is 35.8 Å². The lowest BCUT2D eigenvalue weighted by atomic mass is 9.87. The number of nitrogens with zero attached hydrogens (tertiary/aromatic N) is 1. The molecule has 0 radical (unpaired) electrons. The third-order valence-electron chi connectivity index (χ3n) is 4.86. The van der Waals surface area contributed by atoms with Crippen LogP contribution in [-0.2, 0) is 20.7 Å². The highest BCUT2D eigenvalue weighted by Gasteiger charge is 2.36. The van der Waals surface area contributed by atoms with Crippen molar-refractivity contribution in [3.63, 3.8) is 0 Å². The first-order chi connectivity index (χ1) is 12.6. The summed E-state index contributed by atoms with van der Waals surface area (Å²) >= 11 is 0. The van der Waals surface area contributed by atoms with E-state index >= 15 is 0 Å². The van der Waals surface area contributed by atoms with Crippen LogP contribution in [0.15, 0.2) is 42.5 Å². The molecule has 1 fully saturated rings. The van der Waals surface area contributed by atoms with E-state index in [4.69, 9.17) is 4.74 Å². The van der Waals surface area contributed by atoms with Gasteiger partial charge in [0.1, 0.15) is 12.9 Å².